The first kappa shape index (κ1) is 18.9. The number of fused-ring (bicyclic) bond motifs is 1. The Kier molecular flexibility index (Phi) is 4.96. The van der Waals surface area contributed by atoms with Gasteiger partial charge in [0.05, 0.1) is 5.39 Å². The Morgan fingerprint density at radius 1 is 1.00 bits per heavy atom. The van der Waals surface area contributed by atoms with E-state index in [0.29, 0.717) is 17.9 Å². The highest BCUT2D eigenvalue weighted by Crippen LogP contribution is 2.38. The number of hydrogen-bond donors (Lipinski definition) is 0. The summed E-state index contributed by atoms with van der Waals surface area (Å²) in [6.45, 7) is 5.98. The molecule has 3 fully saturated rings. The fourth-order valence-corrected chi connectivity index (χ4v) is 5.21. The Bertz CT molecular complexity index is 903. The summed E-state index contributed by atoms with van der Waals surface area (Å²) in [5, 5.41) is 1.08. The highest BCUT2D eigenvalue weighted by atomic mass is 16.5. The molecule has 0 N–H and O–H groups in total. The highest BCUT2D eigenvalue weighted by molar-refractivity contribution is 5.86. The first-order valence-corrected chi connectivity index (χ1v) is 11.4. The smallest absolute Gasteiger partial charge is 0.226 e. The van der Waals surface area contributed by atoms with E-state index in [1.807, 2.05) is 4.90 Å². The van der Waals surface area contributed by atoms with Crippen LogP contribution >= 0.6 is 0 Å². The molecule has 5 rings (SSSR count). The summed E-state index contributed by atoms with van der Waals surface area (Å²) in [7, 11) is 0. The maximum atomic E-state index is 12.3. The molecule has 2 aliphatic carbocycles. The predicted octanol–water partition coefficient (Wildman–Crippen LogP) is 4.33. The number of aromatic nitrogens is 3. The van der Waals surface area contributed by atoms with Crippen molar-refractivity contribution in [2.24, 2.45) is 5.92 Å². The molecule has 3 aliphatic rings. The lowest BCUT2D eigenvalue weighted by Gasteiger charge is -2.32. The third-order valence-corrected chi connectivity index (χ3v) is 7.20. The number of amides is 1. The molecule has 29 heavy (non-hydrogen) atoms. The molecule has 2 aromatic rings. The maximum absolute atomic E-state index is 12.3. The normalized spacial score (nSPS) is 21.7. The van der Waals surface area contributed by atoms with Crippen LogP contribution in [0.2, 0.25) is 0 Å². The van der Waals surface area contributed by atoms with Gasteiger partial charge in [-0.05, 0) is 45.1 Å². The summed E-state index contributed by atoms with van der Waals surface area (Å²) < 4.78 is 8.85. The van der Waals surface area contributed by atoms with Crippen molar-refractivity contribution in [2.45, 2.75) is 83.8 Å². The van der Waals surface area contributed by atoms with Gasteiger partial charge in [0, 0.05) is 43.6 Å². The van der Waals surface area contributed by atoms with Crippen LogP contribution in [0.3, 0.4) is 0 Å². The van der Waals surface area contributed by atoms with Crippen molar-refractivity contribution in [1.29, 1.82) is 0 Å². The Hall–Kier alpha value is -2.11. The van der Waals surface area contributed by atoms with Crippen molar-refractivity contribution >= 4 is 16.9 Å². The van der Waals surface area contributed by atoms with Crippen LogP contribution in [-0.4, -0.2) is 44.5 Å². The molecule has 1 aliphatic heterocycles. The summed E-state index contributed by atoms with van der Waals surface area (Å²) in [4.78, 5) is 23.5. The van der Waals surface area contributed by atoms with Gasteiger partial charge in [0.25, 0.3) is 0 Å². The van der Waals surface area contributed by atoms with Crippen LogP contribution in [0.5, 0.6) is 5.88 Å². The topological polar surface area (TPSA) is 60.2 Å². The second-order valence-corrected chi connectivity index (χ2v) is 9.17. The largest absolute Gasteiger partial charge is 0.474 e. The minimum absolute atomic E-state index is 0.120. The van der Waals surface area contributed by atoms with E-state index in [9.17, 15) is 4.79 Å². The van der Waals surface area contributed by atoms with E-state index < -0.39 is 0 Å². The van der Waals surface area contributed by atoms with E-state index in [0.717, 1.165) is 55.7 Å². The monoisotopic (exact) mass is 396 g/mol. The molecular weight excluding hydrogens is 364 g/mol. The second-order valence-electron chi connectivity index (χ2n) is 9.17. The minimum atomic E-state index is 0.120. The Morgan fingerprint density at radius 3 is 2.41 bits per heavy atom. The van der Waals surface area contributed by atoms with Crippen LogP contribution < -0.4 is 4.74 Å². The van der Waals surface area contributed by atoms with Gasteiger partial charge in [0.1, 0.15) is 18.1 Å². The Morgan fingerprint density at radius 2 is 1.72 bits per heavy atom. The molecule has 0 atom stereocenters. The zero-order valence-electron chi connectivity index (χ0n) is 17.7. The lowest BCUT2D eigenvalue weighted by Crippen LogP contribution is -2.42. The first-order valence-electron chi connectivity index (χ1n) is 11.4. The van der Waals surface area contributed by atoms with Crippen LogP contribution in [0.15, 0.2) is 6.33 Å². The van der Waals surface area contributed by atoms with Crippen LogP contribution in [0.25, 0.3) is 11.0 Å². The van der Waals surface area contributed by atoms with Gasteiger partial charge < -0.3 is 14.2 Å². The quantitative estimate of drug-likeness (QED) is 0.772. The van der Waals surface area contributed by atoms with E-state index in [4.69, 9.17) is 4.74 Å². The van der Waals surface area contributed by atoms with Crippen molar-refractivity contribution in [1.82, 2.24) is 19.4 Å². The van der Waals surface area contributed by atoms with E-state index in [-0.39, 0.29) is 6.10 Å². The highest BCUT2D eigenvalue weighted by Gasteiger charge is 2.35. The van der Waals surface area contributed by atoms with Gasteiger partial charge >= 0.3 is 0 Å². The number of likely N-dealkylation sites (tertiary alicyclic amines) is 1. The number of hydrogen-bond acceptors (Lipinski definition) is 4. The summed E-state index contributed by atoms with van der Waals surface area (Å²) >= 11 is 0. The third kappa shape index (κ3) is 3.51. The van der Waals surface area contributed by atoms with Gasteiger partial charge in [-0.2, -0.15) is 0 Å². The van der Waals surface area contributed by atoms with Gasteiger partial charge in [-0.3, -0.25) is 4.79 Å². The average Bonchev–Trinajstić information content (AvgIpc) is 3.56. The predicted molar refractivity (Wildman–Crippen MR) is 112 cm³/mol. The molecule has 6 nitrogen and oxygen atoms in total. The standard InChI is InChI=1S/C23H32N4O2/c1-15-16(2)27(18-6-4-3-5-7-18)21-20(15)22(25-14-24-21)29-19-10-12-26(13-11-19)23(28)17-8-9-17/h14,17-19H,3-13H2,1-2H3. The molecule has 1 saturated heterocycles. The van der Waals surface area contributed by atoms with Crippen LogP contribution in [0.4, 0.5) is 0 Å². The Labute approximate surface area is 172 Å². The third-order valence-electron chi connectivity index (χ3n) is 7.20. The zero-order chi connectivity index (χ0) is 20.0. The van der Waals surface area contributed by atoms with Crippen molar-refractivity contribution in [3.63, 3.8) is 0 Å². The zero-order valence-corrected chi connectivity index (χ0v) is 17.7. The molecule has 2 saturated carbocycles. The van der Waals surface area contributed by atoms with Gasteiger partial charge in [0.15, 0.2) is 0 Å². The molecule has 1 amide bonds. The number of piperidine rings is 1. The number of carbonyl (C=O) groups excluding carboxylic acids is 1. The molecule has 0 spiro atoms. The molecule has 0 bridgehead atoms. The summed E-state index contributed by atoms with van der Waals surface area (Å²) in [5.74, 6) is 1.38. The molecule has 3 heterocycles. The number of ether oxygens (including phenoxy) is 1. The lowest BCUT2D eigenvalue weighted by molar-refractivity contribution is -0.134. The minimum Gasteiger partial charge on any atom is -0.474 e. The summed E-state index contributed by atoms with van der Waals surface area (Å²) in [6, 6.07) is 0.541. The van der Waals surface area contributed by atoms with Crippen molar-refractivity contribution in [2.75, 3.05) is 13.1 Å². The van der Waals surface area contributed by atoms with Gasteiger partial charge in [0.2, 0.25) is 11.8 Å². The van der Waals surface area contributed by atoms with Crippen LogP contribution in [-0.2, 0) is 4.79 Å². The van der Waals surface area contributed by atoms with E-state index >= 15 is 0 Å². The summed E-state index contributed by atoms with van der Waals surface area (Å²) in [5.41, 5.74) is 3.56. The van der Waals surface area contributed by atoms with Crippen molar-refractivity contribution in [3.05, 3.63) is 17.6 Å². The number of nitrogens with zero attached hydrogens (tertiary/aromatic N) is 4. The van der Waals surface area contributed by atoms with Gasteiger partial charge in [-0.15, -0.1) is 0 Å². The number of carbonyl (C=O) groups is 1. The molecular formula is C23H32N4O2. The number of aryl methyl sites for hydroxylation is 1. The fraction of sp³-hybridized carbons (Fsp3) is 0.696. The second kappa shape index (κ2) is 7.62. The molecule has 156 valence electrons. The summed E-state index contributed by atoms with van der Waals surface area (Å²) in [6.07, 6.45) is 12.1. The lowest BCUT2D eigenvalue weighted by atomic mass is 9.95. The molecule has 0 aromatic carbocycles. The molecule has 0 radical (unpaired) electrons. The SMILES string of the molecule is Cc1c(C)n(C2CCCCC2)c2ncnc(OC3CCN(C(=O)C4CC4)CC3)c12. The van der Waals surface area contributed by atoms with Crippen LogP contribution in [0, 0.1) is 19.8 Å². The maximum Gasteiger partial charge on any atom is 0.226 e. The fourth-order valence-electron chi connectivity index (χ4n) is 5.21. The van der Waals surface area contributed by atoms with Gasteiger partial charge in [-0.1, -0.05) is 19.3 Å². The molecule has 6 heteroatoms. The molecule has 2 aromatic heterocycles. The van der Waals surface area contributed by atoms with Crippen molar-refractivity contribution < 1.29 is 9.53 Å². The number of rotatable bonds is 4. The Balaban J connectivity index is 1.36. The average molecular weight is 397 g/mol. The van der Waals surface area contributed by atoms with E-state index in [1.54, 1.807) is 6.33 Å². The first-order chi connectivity index (χ1) is 14.1. The van der Waals surface area contributed by atoms with E-state index in [2.05, 4.69) is 28.4 Å². The van der Waals surface area contributed by atoms with Crippen molar-refractivity contribution in [3.8, 4) is 5.88 Å². The molecule has 0 unspecified atom stereocenters. The van der Waals surface area contributed by atoms with Gasteiger partial charge in [-0.25, -0.2) is 9.97 Å². The van der Waals surface area contributed by atoms with Crippen LogP contribution in [0.1, 0.15) is 75.1 Å². The van der Waals surface area contributed by atoms with E-state index in [1.165, 1.54) is 43.4 Å².